The van der Waals surface area contributed by atoms with E-state index in [1.54, 1.807) is 17.0 Å². The second-order valence-corrected chi connectivity index (χ2v) is 8.36. The number of rotatable bonds is 6. The van der Waals surface area contributed by atoms with Crippen molar-refractivity contribution in [2.24, 2.45) is 4.99 Å². The zero-order valence-electron chi connectivity index (χ0n) is 19.9. The molecule has 1 aromatic rings. The first-order valence-corrected chi connectivity index (χ1v) is 11.0. The van der Waals surface area contributed by atoms with Crippen LogP contribution in [0.2, 0.25) is 0 Å². The summed E-state index contributed by atoms with van der Waals surface area (Å²) in [5.41, 5.74) is -0.0328. The van der Waals surface area contributed by atoms with Crippen molar-refractivity contribution >= 4 is 29.0 Å². The lowest BCUT2D eigenvalue weighted by Crippen LogP contribution is -2.41. The number of nitrogens with zero attached hydrogens (tertiary/aromatic N) is 4. The van der Waals surface area contributed by atoms with Gasteiger partial charge in [0.05, 0.1) is 12.8 Å². The number of ether oxygens (including phenoxy) is 1. The number of likely N-dealkylation sites (N-methyl/N-ethyl adjacent to an activating group) is 1. The topological polar surface area (TPSA) is 127 Å². The number of nitrogens with one attached hydrogen (secondary N) is 1. The number of Topliss-reactive ketones (excluding diaryl/α,β-unsaturated/α-hetero) is 1. The Balaban J connectivity index is 1.79. The maximum atomic E-state index is 13.3. The number of aliphatic hydroxyl groups is 1. The predicted octanol–water partition coefficient (Wildman–Crippen LogP) is 1.29. The standard InChI is InChI=1S/C24H28FN5O5/c1-28(2)24(34)22(32)21(31)19-17(26)13-18(35-3)20(27-19)23(33)30-10-4-9-29(11-12-30)14-15-5-7-16(25)8-6-15/h5-8,13,26,31H,4,9-12,14H2,1-3H3/b21-19+,26-17?. The molecule has 1 saturated heterocycles. The van der Waals surface area contributed by atoms with E-state index >= 15 is 0 Å². The fraction of sp³-hybridized carbons (Fsp3) is 0.375. The molecule has 0 spiro atoms. The molecule has 2 aliphatic rings. The van der Waals surface area contributed by atoms with Crippen LogP contribution in [0.1, 0.15) is 12.0 Å². The highest BCUT2D eigenvalue weighted by atomic mass is 19.1. The van der Waals surface area contributed by atoms with Crippen LogP contribution in [0.4, 0.5) is 4.39 Å². The molecular formula is C24H28FN5O5. The minimum absolute atomic E-state index is 0.0235. The van der Waals surface area contributed by atoms with Crippen LogP contribution >= 0.6 is 0 Å². The Bertz CT molecular complexity index is 1120. The van der Waals surface area contributed by atoms with Crippen LogP contribution in [0, 0.1) is 11.2 Å². The lowest BCUT2D eigenvalue weighted by Gasteiger charge is -2.24. The predicted molar refractivity (Wildman–Crippen MR) is 126 cm³/mol. The van der Waals surface area contributed by atoms with E-state index in [9.17, 15) is 23.9 Å². The fourth-order valence-electron chi connectivity index (χ4n) is 3.73. The molecule has 1 aromatic carbocycles. The highest BCUT2D eigenvalue weighted by molar-refractivity contribution is 6.48. The van der Waals surface area contributed by atoms with E-state index in [2.05, 4.69) is 9.89 Å². The van der Waals surface area contributed by atoms with Gasteiger partial charge in [-0.05, 0) is 24.1 Å². The van der Waals surface area contributed by atoms with Gasteiger partial charge in [0.2, 0.25) is 0 Å². The van der Waals surface area contributed by atoms with E-state index in [-0.39, 0.29) is 23.0 Å². The van der Waals surface area contributed by atoms with Crippen LogP contribution in [0.25, 0.3) is 0 Å². The first kappa shape index (κ1) is 25.8. The van der Waals surface area contributed by atoms with Crippen molar-refractivity contribution in [1.29, 1.82) is 5.41 Å². The van der Waals surface area contributed by atoms with Crippen LogP contribution in [0.15, 0.2) is 52.5 Å². The Labute approximate surface area is 202 Å². The number of carbonyl (C=O) groups excluding carboxylic acids is 3. The summed E-state index contributed by atoms with van der Waals surface area (Å²) in [6, 6.07) is 6.29. The average Bonchev–Trinajstić information content (AvgIpc) is 3.08. The van der Waals surface area contributed by atoms with E-state index < -0.39 is 29.1 Å². The van der Waals surface area contributed by atoms with Gasteiger partial charge in [-0.1, -0.05) is 12.1 Å². The van der Waals surface area contributed by atoms with Gasteiger partial charge in [-0.2, -0.15) is 0 Å². The largest absolute Gasteiger partial charge is 0.502 e. The molecule has 0 saturated carbocycles. The Morgan fingerprint density at radius 2 is 1.83 bits per heavy atom. The molecule has 2 amide bonds. The maximum absolute atomic E-state index is 13.3. The second kappa shape index (κ2) is 11.0. The quantitative estimate of drug-likeness (QED) is 0.355. The Kier molecular flexibility index (Phi) is 8.13. The number of amides is 2. The number of aliphatic imine (C=N–C) groups is 1. The third-order valence-electron chi connectivity index (χ3n) is 5.65. The van der Waals surface area contributed by atoms with E-state index in [0.29, 0.717) is 32.6 Å². The van der Waals surface area contributed by atoms with E-state index in [1.165, 1.54) is 39.4 Å². The molecule has 0 radical (unpaired) electrons. The number of methoxy groups -OCH3 is 1. The number of allylic oxidation sites excluding steroid dienone is 1. The molecule has 3 rings (SSSR count). The fourth-order valence-corrected chi connectivity index (χ4v) is 3.73. The first-order chi connectivity index (χ1) is 16.6. The third-order valence-corrected chi connectivity index (χ3v) is 5.65. The number of carbonyl (C=O) groups is 3. The summed E-state index contributed by atoms with van der Waals surface area (Å²) in [6.45, 7) is 2.75. The van der Waals surface area contributed by atoms with Gasteiger partial charge in [-0.3, -0.25) is 24.7 Å². The molecule has 2 aliphatic heterocycles. The van der Waals surface area contributed by atoms with Crippen LogP contribution in [-0.2, 0) is 25.7 Å². The molecule has 35 heavy (non-hydrogen) atoms. The molecule has 186 valence electrons. The summed E-state index contributed by atoms with van der Waals surface area (Å²) in [4.78, 5) is 46.4. The minimum atomic E-state index is -1.23. The minimum Gasteiger partial charge on any atom is -0.502 e. The molecule has 0 aromatic heterocycles. The highest BCUT2D eigenvalue weighted by Crippen LogP contribution is 2.20. The maximum Gasteiger partial charge on any atom is 0.297 e. The summed E-state index contributed by atoms with van der Waals surface area (Å²) >= 11 is 0. The van der Waals surface area contributed by atoms with Crippen LogP contribution < -0.4 is 0 Å². The number of halogens is 1. The molecule has 0 atom stereocenters. The van der Waals surface area contributed by atoms with Gasteiger partial charge in [0.25, 0.3) is 17.6 Å². The number of hydrogen-bond acceptors (Lipinski definition) is 8. The highest BCUT2D eigenvalue weighted by Gasteiger charge is 2.33. The zero-order valence-corrected chi connectivity index (χ0v) is 19.9. The van der Waals surface area contributed by atoms with E-state index in [4.69, 9.17) is 10.1 Å². The molecule has 0 aliphatic carbocycles. The number of hydrogen-bond donors (Lipinski definition) is 2. The van der Waals surface area contributed by atoms with Crippen molar-refractivity contribution in [3.8, 4) is 0 Å². The molecule has 11 heteroatoms. The zero-order chi connectivity index (χ0) is 25.7. The van der Waals surface area contributed by atoms with Crippen LogP contribution in [0.5, 0.6) is 0 Å². The molecule has 2 N–H and O–H groups in total. The number of dihydropyridines is 1. The monoisotopic (exact) mass is 485 g/mol. The summed E-state index contributed by atoms with van der Waals surface area (Å²) in [5.74, 6) is -3.98. The Morgan fingerprint density at radius 3 is 2.46 bits per heavy atom. The average molecular weight is 486 g/mol. The lowest BCUT2D eigenvalue weighted by atomic mass is 10.1. The molecule has 10 nitrogen and oxygen atoms in total. The smallest absolute Gasteiger partial charge is 0.297 e. The van der Waals surface area contributed by atoms with Gasteiger partial charge >= 0.3 is 0 Å². The molecule has 2 heterocycles. The van der Waals surface area contributed by atoms with Gasteiger partial charge in [0.15, 0.2) is 17.2 Å². The molecule has 1 fully saturated rings. The summed E-state index contributed by atoms with van der Waals surface area (Å²) in [7, 11) is 4.03. The number of ketones is 1. The van der Waals surface area contributed by atoms with Crippen molar-refractivity contribution < 1.29 is 28.6 Å². The van der Waals surface area contributed by atoms with Crippen molar-refractivity contribution in [2.45, 2.75) is 13.0 Å². The SMILES string of the molecule is COC1=CC(=N)/C(=C(\O)C(=O)C(=O)N(C)C)N=C1C(=O)N1CCCN(Cc2ccc(F)cc2)CC1. The Morgan fingerprint density at radius 1 is 1.14 bits per heavy atom. The molecule has 0 bridgehead atoms. The van der Waals surface area contributed by atoms with Crippen LogP contribution in [0.3, 0.4) is 0 Å². The molecule has 0 unspecified atom stereocenters. The number of aliphatic hydroxyl groups excluding tert-OH is 1. The summed E-state index contributed by atoms with van der Waals surface area (Å²) in [5, 5.41) is 18.4. The van der Waals surface area contributed by atoms with Crippen molar-refractivity contribution in [2.75, 3.05) is 47.4 Å². The van der Waals surface area contributed by atoms with Gasteiger partial charge < -0.3 is 19.6 Å². The molecular weight excluding hydrogens is 457 g/mol. The number of benzene rings is 1. The van der Waals surface area contributed by atoms with Crippen molar-refractivity contribution in [1.82, 2.24) is 14.7 Å². The van der Waals surface area contributed by atoms with Crippen molar-refractivity contribution in [3.05, 3.63) is 58.9 Å². The van der Waals surface area contributed by atoms with Gasteiger partial charge in [0.1, 0.15) is 11.5 Å². The normalized spacial score (nSPS) is 18.3. The van der Waals surface area contributed by atoms with Gasteiger partial charge in [0, 0.05) is 52.9 Å². The Hall–Kier alpha value is -3.86. The van der Waals surface area contributed by atoms with Crippen LogP contribution in [-0.4, -0.2) is 96.2 Å². The van der Waals surface area contributed by atoms with Gasteiger partial charge in [-0.25, -0.2) is 9.38 Å². The summed E-state index contributed by atoms with van der Waals surface area (Å²) in [6.07, 6.45) is 1.86. The third kappa shape index (κ3) is 5.99. The van der Waals surface area contributed by atoms with Gasteiger partial charge in [-0.15, -0.1) is 0 Å². The first-order valence-electron chi connectivity index (χ1n) is 11.0. The summed E-state index contributed by atoms with van der Waals surface area (Å²) < 4.78 is 18.4. The van der Waals surface area contributed by atoms with Crippen molar-refractivity contribution in [3.63, 3.8) is 0 Å². The van der Waals surface area contributed by atoms with E-state index in [1.807, 2.05) is 0 Å². The lowest BCUT2D eigenvalue weighted by molar-refractivity contribution is -0.142. The van der Waals surface area contributed by atoms with E-state index in [0.717, 1.165) is 17.0 Å². The second-order valence-electron chi connectivity index (χ2n) is 8.36.